The molecule has 0 unspecified atom stereocenters. The van der Waals surface area contributed by atoms with E-state index >= 15 is 0 Å². The summed E-state index contributed by atoms with van der Waals surface area (Å²) in [4.78, 5) is 19.9. The third-order valence-corrected chi connectivity index (χ3v) is 2.96. The van der Waals surface area contributed by atoms with Crippen LogP contribution in [0.3, 0.4) is 0 Å². The van der Waals surface area contributed by atoms with Gasteiger partial charge in [0.15, 0.2) is 0 Å². The van der Waals surface area contributed by atoms with Crippen molar-refractivity contribution in [2.45, 2.75) is 19.8 Å². The molecule has 2 aromatic rings. The van der Waals surface area contributed by atoms with E-state index in [-0.39, 0.29) is 0 Å². The molecule has 0 saturated carbocycles. The smallest absolute Gasteiger partial charge is 0.315 e. The van der Waals surface area contributed by atoms with Crippen molar-refractivity contribution >= 4 is 5.97 Å². The van der Waals surface area contributed by atoms with Crippen LogP contribution in [0, 0.1) is 13.8 Å². The van der Waals surface area contributed by atoms with Gasteiger partial charge in [-0.25, -0.2) is 0 Å². The van der Waals surface area contributed by atoms with E-state index in [1.54, 1.807) is 36.7 Å². The van der Waals surface area contributed by atoms with E-state index in [1.165, 1.54) is 0 Å². The Morgan fingerprint density at radius 2 is 1.50 bits per heavy atom. The molecule has 0 fully saturated rings. The number of aromatic nitrogens is 2. The second kappa shape index (κ2) is 4.96. The van der Waals surface area contributed by atoms with E-state index in [0.717, 1.165) is 11.4 Å². The highest BCUT2D eigenvalue weighted by Crippen LogP contribution is 2.27. The Labute approximate surface area is 105 Å². The number of carboxylic acid groups (broad SMARTS) is 1. The van der Waals surface area contributed by atoms with Crippen LogP contribution in [-0.4, -0.2) is 21.0 Å². The molecule has 0 aliphatic heterocycles. The molecule has 2 aromatic heterocycles. The molecule has 92 valence electrons. The predicted molar refractivity (Wildman–Crippen MR) is 67.4 cm³/mol. The molecule has 0 saturated heterocycles. The zero-order valence-electron chi connectivity index (χ0n) is 10.3. The van der Waals surface area contributed by atoms with Gasteiger partial charge in [-0.1, -0.05) is 12.1 Å². The topological polar surface area (TPSA) is 63.1 Å². The third-order valence-electron chi connectivity index (χ3n) is 2.96. The molecule has 1 N–H and O–H groups in total. The predicted octanol–water partition coefficient (Wildman–Crippen LogP) is 2.31. The minimum atomic E-state index is -0.887. The Balaban J connectivity index is 2.58. The molecule has 4 nitrogen and oxygen atoms in total. The molecule has 4 heteroatoms. The maximum absolute atomic E-state index is 11.5. The minimum absolute atomic E-state index is 0.709. The molecule has 0 spiro atoms. The van der Waals surface area contributed by atoms with Crippen molar-refractivity contribution in [3.8, 4) is 0 Å². The summed E-state index contributed by atoms with van der Waals surface area (Å²) in [7, 11) is 0. The Morgan fingerprint density at radius 3 is 1.83 bits per heavy atom. The molecule has 0 aliphatic carbocycles. The van der Waals surface area contributed by atoms with Gasteiger partial charge in [0.2, 0.25) is 0 Å². The number of aliphatic carboxylic acids is 1. The third kappa shape index (κ3) is 2.22. The molecular weight excluding hydrogens is 228 g/mol. The SMILES string of the molecule is Cc1ncccc1C(C(=O)O)c1cccnc1C. The molecule has 0 aromatic carbocycles. The van der Waals surface area contributed by atoms with Gasteiger partial charge in [-0.15, -0.1) is 0 Å². The van der Waals surface area contributed by atoms with Crippen molar-refractivity contribution in [3.05, 3.63) is 59.2 Å². The van der Waals surface area contributed by atoms with Crippen LogP contribution in [0.5, 0.6) is 0 Å². The molecule has 2 rings (SSSR count). The number of nitrogens with zero attached hydrogens (tertiary/aromatic N) is 2. The minimum Gasteiger partial charge on any atom is -0.481 e. The normalized spacial score (nSPS) is 10.6. The van der Waals surface area contributed by atoms with E-state index in [0.29, 0.717) is 11.1 Å². The van der Waals surface area contributed by atoms with Crippen LogP contribution in [0.1, 0.15) is 28.4 Å². The lowest BCUT2D eigenvalue weighted by Crippen LogP contribution is -2.16. The van der Waals surface area contributed by atoms with Gasteiger partial charge in [0, 0.05) is 23.8 Å². The molecular formula is C14H14N2O2. The number of pyridine rings is 2. The lowest BCUT2D eigenvalue weighted by Gasteiger charge is -2.16. The van der Waals surface area contributed by atoms with Gasteiger partial charge in [0.05, 0.1) is 0 Å². The van der Waals surface area contributed by atoms with E-state index in [4.69, 9.17) is 0 Å². The van der Waals surface area contributed by atoms with Gasteiger partial charge < -0.3 is 5.11 Å². The second-order valence-corrected chi connectivity index (χ2v) is 4.13. The summed E-state index contributed by atoms with van der Waals surface area (Å²) >= 11 is 0. The zero-order valence-corrected chi connectivity index (χ0v) is 10.3. The fourth-order valence-electron chi connectivity index (χ4n) is 2.04. The van der Waals surface area contributed by atoms with E-state index in [2.05, 4.69) is 9.97 Å². The Morgan fingerprint density at radius 1 is 1.06 bits per heavy atom. The summed E-state index contributed by atoms with van der Waals surface area (Å²) in [5.74, 6) is -1.60. The number of carboxylic acids is 1. The highest BCUT2D eigenvalue weighted by Gasteiger charge is 2.25. The Kier molecular flexibility index (Phi) is 3.37. The van der Waals surface area contributed by atoms with Gasteiger partial charge in [-0.3, -0.25) is 14.8 Å². The molecule has 0 bridgehead atoms. The zero-order chi connectivity index (χ0) is 13.1. The Hall–Kier alpha value is -2.23. The van der Waals surface area contributed by atoms with E-state index < -0.39 is 11.9 Å². The first-order valence-corrected chi connectivity index (χ1v) is 5.67. The van der Waals surface area contributed by atoms with Crippen LogP contribution >= 0.6 is 0 Å². The number of hydrogen-bond acceptors (Lipinski definition) is 3. The van der Waals surface area contributed by atoms with Gasteiger partial charge in [-0.2, -0.15) is 0 Å². The van der Waals surface area contributed by atoms with Crippen molar-refractivity contribution in [2.75, 3.05) is 0 Å². The maximum atomic E-state index is 11.5. The summed E-state index contributed by atoms with van der Waals surface area (Å²) in [6.45, 7) is 3.63. The maximum Gasteiger partial charge on any atom is 0.315 e. The number of hydrogen-bond donors (Lipinski definition) is 1. The summed E-state index contributed by atoms with van der Waals surface area (Å²) < 4.78 is 0. The number of carbonyl (C=O) groups is 1. The van der Waals surface area contributed by atoms with Gasteiger partial charge in [0.1, 0.15) is 5.92 Å². The van der Waals surface area contributed by atoms with Crippen molar-refractivity contribution in [1.82, 2.24) is 9.97 Å². The summed E-state index contributed by atoms with van der Waals surface area (Å²) in [6, 6.07) is 7.11. The highest BCUT2D eigenvalue weighted by atomic mass is 16.4. The van der Waals surface area contributed by atoms with Crippen molar-refractivity contribution in [2.24, 2.45) is 0 Å². The fourth-order valence-corrected chi connectivity index (χ4v) is 2.04. The first-order valence-electron chi connectivity index (χ1n) is 5.67. The first-order chi connectivity index (χ1) is 8.61. The van der Waals surface area contributed by atoms with Gasteiger partial charge in [-0.05, 0) is 37.1 Å². The first kappa shape index (κ1) is 12.2. The highest BCUT2D eigenvalue weighted by molar-refractivity contribution is 5.81. The molecule has 0 radical (unpaired) electrons. The van der Waals surface area contributed by atoms with Crippen LogP contribution in [0.2, 0.25) is 0 Å². The fraction of sp³-hybridized carbons (Fsp3) is 0.214. The van der Waals surface area contributed by atoms with Crippen LogP contribution in [0.25, 0.3) is 0 Å². The number of rotatable bonds is 3. The van der Waals surface area contributed by atoms with Crippen molar-refractivity contribution in [3.63, 3.8) is 0 Å². The van der Waals surface area contributed by atoms with Crippen LogP contribution in [0.4, 0.5) is 0 Å². The van der Waals surface area contributed by atoms with Crippen molar-refractivity contribution in [1.29, 1.82) is 0 Å². The average Bonchev–Trinajstić information content (AvgIpc) is 2.34. The summed E-state index contributed by atoms with van der Waals surface area (Å²) in [5, 5.41) is 9.47. The molecule has 18 heavy (non-hydrogen) atoms. The monoisotopic (exact) mass is 242 g/mol. The second-order valence-electron chi connectivity index (χ2n) is 4.13. The number of aryl methyl sites for hydroxylation is 2. The van der Waals surface area contributed by atoms with Crippen LogP contribution in [-0.2, 0) is 4.79 Å². The summed E-state index contributed by atoms with van der Waals surface area (Å²) in [5.41, 5.74) is 2.88. The lowest BCUT2D eigenvalue weighted by molar-refractivity contribution is -0.137. The standard InChI is InChI=1S/C14H14N2O2/c1-9-11(5-3-7-15-9)13(14(17)18)12-6-4-8-16-10(12)2/h3-8,13H,1-2H3,(H,17,18). The lowest BCUT2D eigenvalue weighted by atomic mass is 9.90. The van der Waals surface area contributed by atoms with Gasteiger partial charge in [0.25, 0.3) is 0 Å². The van der Waals surface area contributed by atoms with Crippen LogP contribution < -0.4 is 0 Å². The molecule has 0 amide bonds. The molecule has 0 atom stereocenters. The van der Waals surface area contributed by atoms with Crippen LogP contribution in [0.15, 0.2) is 36.7 Å². The quantitative estimate of drug-likeness (QED) is 0.897. The summed E-state index contributed by atoms with van der Waals surface area (Å²) in [6.07, 6.45) is 3.32. The largest absolute Gasteiger partial charge is 0.481 e. The van der Waals surface area contributed by atoms with Crippen molar-refractivity contribution < 1.29 is 9.90 Å². The van der Waals surface area contributed by atoms with Gasteiger partial charge >= 0.3 is 5.97 Å². The van der Waals surface area contributed by atoms with E-state index in [1.807, 2.05) is 13.8 Å². The van der Waals surface area contributed by atoms with E-state index in [9.17, 15) is 9.90 Å². The average molecular weight is 242 g/mol. The molecule has 2 heterocycles. The molecule has 0 aliphatic rings. The Bertz CT molecular complexity index is 536.